The molecule has 2 aromatic carbocycles. The van der Waals surface area contributed by atoms with E-state index in [9.17, 15) is 19.2 Å². The predicted molar refractivity (Wildman–Crippen MR) is 116 cm³/mol. The highest BCUT2D eigenvalue weighted by Crippen LogP contribution is 2.24. The van der Waals surface area contributed by atoms with Gasteiger partial charge in [0.2, 0.25) is 0 Å². The Morgan fingerprint density at radius 2 is 1.71 bits per heavy atom. The number of amides is 3. The van der Waals surface area contributed by atoms with Gasteiger partial charge in [0.25, 0.3) is 23.3 Å². The molecule has 1 aliphatic rings. The van der Waals surface area contributed by atoms with Gasteiger partial charge in [0.1, 0.15) is 5.69 Å². The Hall–Kier alpha value is -4.20. The third kappa shape index (κ3) is 3.18. The molecule has 1 aliphatic heterocycles. The second kappa shape index (κ2) is 7.56. The van der Waals surface area contributed by atoms with Crippen molar-refractivity contribution >= 4 is 23.4 Å². The van der Waals surface area contributed by atoms with Crippen molar-refractivity contribution in [3.8, 4) is 5.69 Å². The first-order valence-electron chi connectivity index (χ1n) is 9.61. The van der Waals surface area contributed by atoms with Crippen molar-refractivity contribution in [2.75, 3.05) is 11.9 Å². The number of carbonyl (C=O) groups is 3. The summed E-state index contributed by atoms with van der Waals surface area (Å²) in [6, 6.07) is 13.4. The van der Waals surface area contributed by atoms with E-state index in [1.165, 1.54) is 29.0 Å². The van der Waals surface area contributed by atoms with Crippen LogP contribution < -0.4 is 10.9 Å². The van der Waals surface area contributed by atoms with Crippen LogP contribution in [-0.4, -0.2) is 38.5 Å². The molecule has 0 atom stereocenters. The van der Waals surface area contributed by atoms with Crippen molar-refractivity contribution in [2.24, 2.45) is 7.05 Å². The number of hydrogen-bond donors (Lipinski definition) is 1. The summed E-state index contributed by atoms with van der Waals surface area (Å²) in [6.45, 7) is 5.38. The standard InChI is InChI=1S/C23H20N4O4/c1-4-12-26-21(29)17-11-10-15(13-18(17)22(26)30)20(28)24-19-14(2)25(3)27(23(19)31)16-8-6-5-7-9-16/h4-11,13H,1,12H2,2-3H3,(H,24,28). The highest BCUT2D eigenvalue weighted by Gasteiger charge is 2.35. The van der Waals surface area contributed by atoms with Crippen LogP contribution in [0.25, 0.3) is 5.69 Å². The van der Waals surface area contributed by atoms with Crippen LogP contribution in [0, 0.1) is 6.92 Å². The minimum absolute atomic E-state index is 0.0934. The van der Waals surface area contributed by atoms with Crippen LogP contribution in [0.5, 0.6) is 0 Å². The molecule has 0 spiro atoms. The first-order chi connectivity index (χ1) is 14.8. The topological polar surface area (TPSA) is 93.4 Å². The van der Waals surface area contributed by atoms with Gasteiger partial charge in [0.05, 0.1) is 22.5 Å². The molecule has 0 saturated heterocycles. The van der Waals surface area contributed by atoms with Crippen molar-refractivity contribution in [1.82, 2.24) is 14.3 Å². The fourth-order valence-electron chi connectivity index (χ4n) is 3.62. The largest absolute Gasteiger partial charge is 0.316 e. The van der Waals surface area contributed by atoms with E-state index in [-0.39, 0.29) is 34.5 Å². The number of aromatic nitrogens is 2. The lowest BCUT2D eigenvalue weighted by Gasteiger charge is -2.09. The monoisotopic (exact) mass is 416 g/mol. The zero-order valence-corrected chi connectivity index (χ0v) is 17.1. The zero-order chi connectivity index (χ0) is 22.3. The summed E-state index contributed by atoms with van der Waals surface area (Å²) in [4.78, 5) is 51.8. The summed E-state index contributed by atoms with van der Waals surface area (Å²) < 4.78 is 3.12. The molecule has 0 fully saturated rings. The van der Waals surface area contributed by atoms with Crippen molar-refractivity contribution in [3.63, 3.8) is 0 Å². The number of imide groups is 1. The van der Waals surface area contributed by atoms with Gasteiger partial charge in [-0.1, -0.05) is 24.3 Å². The first kappa shape index (κ1) is 20.1. The molecule has 3 aromatic rings. The lowest BCUT2D eigenvalue weighted by atomic mass is 10.1. The molecule has 0 saturated carbocycles. The molecule has 1 N–H and O–H groups in total. The van der Waals surface area contributed by atoms with Crippen molar-refractivity contribution < 1.29 is 14.4 Å². The average molecular weight is 416 g/mol. The quantitative estimate of drug-likeness (QED) is 0.511. The fraction of sp³-hybridized carbons (Fsp3) is 0.130. The Kier molecular flexibility index (Phi) is 4.90. The summed E-state index contributed by atoms with van der Waals surface area (Å²) in [5, 5.41) is 2.66. The normalized spacial score (nSPS) is 12.8. The van der Waals surface area contributed by atoms with Crippen LogP contribution in [0.1, 0.15) is 36.8 Å². The maximum absolute atomic E-state index is 13.0. The molecule has 8 heteroatoms. The highest BCUT2D eigenvalue weighted by molar-refractivity contribution is 6.22. The third-order valence-electron chi connectivity index (χ3n) is 5.34. The van der Waals surface area contributed by atoms with Gasteiger partial charge < -0.3 is 5.32 Å². The number of benzene rings is 2. The molecule has 4 rings (SSSR count). The summed E-state index contributed by atoms with van der Waals surface area (Å²) in [5.41, 5.74) is 1.59. The second-order valence-corrected chi connectivity index (χ2v) is 7.16. The summed E-state index contributed by atoms with van der Waals surface area (Å²) in [7, 11) is 1.73. The zero-order valence-electron chi connectivity index (χ0n) is 17.1. The summed E-state index contributed by atoms with van der Waals surface area (Å²) in [5.74, 6) is -1.44. The van der Waals surface area contributed by atoms with Gasteiger partial charge in [0.15, 0.2) is 0 Å². The lowest BCUT2D eigenvalue weighted by Crippen LogP contribution is -2.29. The van der Waals surface area contributed by atoms with E-state index in [1.807, 2.05) is 18.2 Å². The van der Waals surface area contributed by atoms with E-state index in [0.29, 0.717) is 11.4 Å². The Bertz CT molecular complexity index is 1300. The molecule has 156 valence electrons. The van der Waals surface area contributed by atoms with Gasteiger partial charge in [-0.3, -0.25) is 28.8 Å². The molecule has 0 radical (unpaired) electrons. The van der Waals surface area contributed by atoms with Crippen LogP contribution in [0.4, 0.5) is 5.69 Å². The van der Waals surface area contributed by atoms with E-state index in [2.05, 4.69) is 11.9 Å². The molecule has 1 aromatic heterocycles. The van der Waals surface area contributed by atoms with Gasteiger partial charge in [-0.2, -0.15) is 0 Å². The molecule has 3 amide bonds. The second-order valence-electron chi connectivity index (χ2n) is 7.16. The Morgan fingerprint density at radius 1 is 1.03 bits per heavy atom. The number of carbonyl (C=O) groups excluding carboxylic acids is 3. The molecule has 0 aliphatic carbocycles. The van der Waals surface area contributed by atoms with Gasteiger partial charge in [-0.05, 0) is 37.3 Å². The smallest absolute Gasteiger partial charge is 0.295 e. The number of rotatable bonds is 5. The molecule has 2 heterocycles. The summed E-state index contributed by atoms with van der Waals surface area (Å²) >= 11 is 0. The summed E-state index contributed by atoms with van der Waals surface area (Å²) in [6.07, 6.45) is 1.46. The van der Waals surface area contributed by atoms with Crippen LogP contribution in [-0.2, 0) is 7.05 Å². The van der Waals surface area contributed by atoms with Crippen molar-refractivity contribution in [1.29, 1.82) is 0 Å². The van der Waals surface area contributed by atoms with Crippen LogP contribution in [0.3, 0.4) is 0 Å². The number of para-hydroxylation sites is 1. The van der Waals surface area contributed by atoms with Crippen LogP contribution in [0.2, 0.25) is 0 Å². The Morgan fingerprint density at radius 3 is 2.39 bits per heavy atom. The number of nitrogens with zero attached hydrogens (tertiary/aromatic N) is 3. The van der Waals surface area contributed by atoms with Gasteiger partial charge >= 0.3 is 0 Å². The van der Waals surface area contributed by atoms with Gasteiger partial charge in [-0.25, -0.2) is 4.68 Å². The molecular formula is C23H20N4O4. The maximum atomic E-state index is 13.0. The van der Waals surface area contributed by atoms with Crippen LogP contribution in [0.15, 0.2) is 66.0 Å². The van der Waals surface area contributed by atoms with Gasteiger partial charge in [-0.15, -0.1) is 6.58 Å². The first-order valence-corrected chi connectivity index (χ1v) is 9.61. The molecule has 0 unspecified atom stereocenters. The van der Waals surface area contributed by atoms with E-state index in [4.69, 9.17) is 0 Å². The molecule has 0 bridgehead atoms. The van der Waals surface area contributed by atoms with E-state index in [1.54, 1.807) is 30.8 Å². The van der Waals surface area contributed by atoms with Crippen LogP contribution >= 0.6 is 0 Å². The highest BCUT2D eigenvalue weighted by atomic mass is 16.2. The number of anilines is 1. The Balaban J connectivity index is 1.67. The average Bonchev–Trinajstić information content (AvgIpc) is 3.14. The van der Waals surface area contributed by atoms with E-state index < -0.39 is 17.7 Å². The number of hydrogen-bond acceptors (Lipinski definition) is 4. The van der Waals surface area contributed by atoms with Crippen molar-refractivity contribution in [2.45, 2.75) is 6.92 Å². The minimum atomic E-state index is -0.545. The van der Waals surface area contributed by atoms with Crippen molar-refractivity contribution in [3.05, 3.63) is 93.9 Å². The molecule has 31 heavy (non-hydrogen) atoms. The van der Waals surface area contributed by atoms with Gasteiger partial charge in [0, 0.05) is 19.2 Å². The third-order valence-corrected chi connectivity index (χ3v) is 5.34. The number of nitrogens with one attached hydrogen (secondary N) is 1. The SMILES string of the molecule is C=CCN1C(=O)c2ccc(C(=O)Nc3c(C)n(C)n(-c4ccccc4)c3=O)cc2C1=O. The lowest BCUT2D eigenvalue weighted by molar-refractivity contribution is 0.0672. The van der Waals surface area contributed by atoms with E-state index in [0.717, 1.165) is 4.90 Å². The van der Waals surface area contributed by atoms with E-state index >= 15 is 0 Å². The minimum Gasteiger partial charge on any atom is -0.316 e. The maximum Gasteiger partial charge on any atom is 0.295 e. The number of fused-ring (bicyclic) bond motifs is 1. The fourth-order valence-corrected chi connectivity index (χ4v) is 3.62. The Labute approximate surface area is 178 Å². The molecule has 8 nitrogen and oxygen atoms in total. The predicted octanol–water partition coefficient (Wildman–Crippen LogP) is 2.52. The molecular weight excluding hydrogens is 396 g/mol.